The van der Waals surface area contributed by atoms with Crippen molar-refractivity contribution in [2.75, 3.05) is 7.11 Å². The van der Waals surface area contributed by atoms with E-state index in [-0.39, 0.29) is 0 Å². The molecular weight excluding hydrogens is 200 g/mol. The fraction of sp³-hybridized carbons (Fsp3) is 0.455. The van der Waals surface area contributed by atoms with Crippen LogP contribution in [-0.4, -0.2) is 13.5 Å². The number of hydrogen-bond acceptors (Lipinski definition) is 2. The van der Waals surface area contributed by atoms with Gasteiger partial charge in [-0.2, -0.15) is 0 Å². The van der Waals surface area contributed by atoms with Gasteiger partial charge in [0.25, 0.3) is 6.43 Å². The van der Waals surface area contributed by atoms with Crippen LogP contribution >= 0.6 is 0 Å². The van der Waals surface area contributed by atoms with E-state index in [1.807, 2.05) is 0 Å². The van der Waals surface area contributed by atoms with Gasteiger partial charge in [-0.3, -0.25) is 0 Å². The van der Waals surface area contributed by atoms with E-state index in [4.69, 9.17) is 10.5 Å². The van der Waals surface area contributed by atoms with Gasteiger partial charge in [0.05, 0.1) is 7.11 Å². The Hall–Kier alpha value is -1.16. The molecule has 1 rings (SSSR count). The summed E-state index contributed by atoms with van der Waals surface area (Å²) in [6, 6.07) is 5.13. The van der Waals surface area contributed by atoms with Crippen LogP contribution < -0.4 is 10.5 Å². The maximum atomic E-state index is 12.8. The third kappa shape index (κ3) is 2.09. The molecular formula is C11H15F2NO. The molecule has 1 unspecified atom stereocenters. The number of nitrogens with two attached hydrogens (primary N) is 1. The first-order chi connectivity index (χ1) is 6.91. The molecule has 0 radical (unpaired) electrons. The number of rotatable bonds is 3. The van der Waals surface area contributed by atoms with Gasteiger partial charge in [-0.25, -0.2) is 8.78 Å². The number of aryl methyl sites for hydroxylation is 1. The highest BCUT2D eigenvalue weighted by atomic mass is 19.3. The fourth-order valence-corrected chi connectivity index (χ4v) is 1.61. The molecule has 0 aliphatic carbocycles. The minimum Gasteiger partial charge on any atom is -0.496 e. The summed E-state index contributed by atoms with van der Waals surface area (Å²) >= 11 is 0. The highest BCUT2D eigenvalue weighted by Crippen LogP contribution is 2.34. The van der Waals surface area contributed by atoms with Crippen molar-refractivity contribution in [1.82, 2.24) is 0 Å². The third-order valence-corrected chi connectivity index (χ3v) is 2.45. The largest absolute Gasteiger partial charge is 0.496 e. The summed E-state index contributed by atoms with van der Waals surface area (Å²) in [6.07, 6.45) is -2.63. The fourth-order valence-electron chi connectivity index (χ4n) is 1.61. The van der Waals surface area contributed by atoms with Crippen LogP contribution in [0.3, 0.4) is 0 Å². The smallest absolute Gasteiger partial charge is 0.260 e. The van der Waals surface area contributed by atoms with E-state index in [0.717, 1.165) is 0 Å². The molecule has 0 aromatic heterocycles. The van der Waals surface area contributed by atoms with Gasteiger partial charge in [-0.05, 0) is 25.5 Å². The van der Waals surface area contributed by atoms with Crippen LogP contribution in [0, 0.1) is 6.92 Å². The van der Waals surface area contributed by atoms with Crippen LogP contribution in [0.5, 0.6) is 5.75 Å². The molecule has 2 nitrogen and oxygen atoms in total. The van der Waals surface area contributed by atoms with E-state index in [1.54, 1.807) is 25.1 Å². The van der Waals surface area contributed by atoms with Gasteiger partial charge in [0.2, 0.25) is 0 Å². The van der Waals surface area contributed by atoms with E-state index >= 15 is 0 Å². The van der Waals surface area contributed by atoms with E-state index in [1.165, 1.54) is 14.0 Å². The molecule has 0 bridgehead atoms. The Labute approximate surface area is 88.0 Å². The Morgan fingerprint density at radius 2 is 2.00 bits per heavy atom. The lowest BCUT2D eigenvalue weighted by atomic mass is 9.89. The number of halogens is 2. The van der Waals surface area contributed by atoms with Crippen molar-refractivity contribution in [3.63, 3.8) is 0 Å². The number of alkyl halides is 2. The molecule has 0 saturated heterocycles. The Balaban J connectivity index is 3.34. The molecule has 0 heterocycles. The Morgan fingerprint density at radius 1 is 1.40 bits per heavy atom. The highest BCUT2D eigenvalue weighted by molar-refractivity contribution is 5.44. The van der Waals surface area contributed by atoms with Crippen molar-refractivity contribution in [2.45, 2.75) is 25.8 Å². The van der Waals surface area contributed by atoms with E-state index < -0.39 is 12.0 Å². The van der Waals surface area contributed by atoms with E-state index in [2.05, 4.69) is 0 Å². The predicted octanol–water partition coefficient (Wildman–Crippen LogP) is 2.44. The molecule has 84 valence electrons. The van der Waals surface area contributed by atoms with Gasteiger partial charge in [0.15, 0.2) is 0 Å². The highest BCUT2D eigenvalue weighted by Gasteiger charge is 2.36. The van der Waals surface area contributed by atoms with Crippen molar-refractivity contribution in [3.05, 3.63) is 29.3 Å². The van der Waals surface area contributed by atoms with E-state index in [9.17, 15) is 8.78 Å². The lowest BCUT2D eigenvalue weighted by molar-refractivity contribution is 0.0607. The molecule has 1 aromatic carbocycles. The summed E-state index contributed by atoms with van der Waals surface area (Å²) in [5, 5.41) is 0. The molecule has 0 aliphatic rings. The SMILES string of the molecule is COc1cccc(C)c1C(C)(N)C(F)F. The zero-order chi connectivity index (χ0) is 11.6. The molecule has 1 aromatic rings. The molecule has 0 aliphatic heterocycles. The van der Waals surface area contributed by atoms with Crippen LogP contribution in [0.25, 0.3) is 0 Å². The lowest BCUT2D eigenvalue weighted by Gasteiger charge is -2.27. The van der Waals surface area contributed by atoms with Crippen LogP contribution in [0.1, 0.15) is 18.1 Å². The molecule has 0 fully saturated rings. The van der Waals surface area contributed by atoms with Crippen LogP contribution in [0.2, 0.25) is 0 Å². The van der Waals surface area contributed by atoms with E-state index in [0.29, 0.717) is 16.9 Å². The second-order valence-corrected chi connectivity index (χ2v) is 3.74. The number of benzene rings is 1. The normalized spacial score (nSPS) is 15.1. The summed E-state index contributed by atoms with van der Waals surface area (Å²) in [7, 11) is 1.44. The molecule has 15 heavy (non-hydrogen) atoms. The summed E-state index contributed by atoms with van der Waals surface area (Å²) < 4.78 is 30.7. The van der Waals surface area contributed by atoms with Gasteiger partial charge in [0, 0.05) is 5.56 Å². The average Bonchev–Trinajstić information content (AvgIpc) is 2.16. The maximum Gasteiger partial charge on any atom is 0.260 e. The molecule has 0 saturated carbocycles. The number of methoxy groups -OCH3 is 1. The van der Waals surface area contributed by atoms with Gasteiger partial charge in [0.1, 0.15) is 11.3 Å². The zero-order valence-corrected chi connectivity index (χ0v) is 9.05. The van der Waals surface area contributed by atoms with Crippen molar-refractivity contribution in [2.24, 2.45) is 5.73 Å². The summed E-state index contributed by atoms with van der Waals surface area (Å²) in [5.41, 5.74) is 5.02. The predicted molar refractivity (Wildman–Crippen MR) is 55.3 cm³/mol. The quantitative estimate of drug-likeness (QED) is 0.840. The van der Waals surface area contributed by atoms with Gasteiger partial charge < -0.3 is 10.5 Å². The van der Waals surface area contributed by atoms with Crippen molar-refractivity contribution >= 4 is 0 Å². The first kappa shape index (κ1) is 11.9. The van der Waals surface area contributed by atoms with Gasteiger partial charge in [-0.15, -0.1) is 0 Å². The molecule has 4 heteroatoms. The van der Waals surface area contributed by atoms with Gasteiger partial charge >= 0.3 is 0 Å². The Morgan fingerprint density at radius 3 is 2.47 bits per heavy atom. The first-order valence-electron chi connectivity index (χ1n) is 4.62. The second kappa shape index (κ2) is 4.14. The van der Waals surface area contributed by atoms with Crippen LogP contribution in [0.15, 0.2) is 18.2 Å². The monoisotopic (exact) mass is 215 g/mol. The number of hydrogen-bond donors (Lipinski definition) is 1. The van der Waals surface area contributed by atoms with Crippen LogP contribution in [0.4, 0.5) is 8.78 Å². The topological polar surface area (TPSA) is 35.2 Å². The molecule has 0 amide bonds. The summed E-state index contributed by atoms with van der Waals surface area (Å²) in [6.45, 7) is 3.05. The minimum absolute atomic E-state index is 0.363. The van der Waals surface area contributed by atoms with Crippen molar-refractivity contribution in [3.8, 4) is 5.75 Å². The minimum atomic E-state index is -2.63. The maximum absolute atomic E-state index is 12.8. The Kier molecular flexibility index (Phi) is 3.29. The van der Waals surface area contributed by atoms with Gasteiger partial charge in [-0.1, -0.05) is 12.1 Å². The standard InChI is InChI=1S/C11H15F2NO/c1-7-5-4-6-8(15-3)9(7)11(2,14)10(12)13/h4-6,10H,14H2,1-3H3. The molecule has 1 atom stereocenters. The van der Waals surface area contributed by atoms with Crippen molar-refractivity contribution < 1.29 is 13.5 Å². The lowest BCUT2D eigenvalue weighted by Crippen LogP contribution is -2.41. The van der Waals surface area contributed by atoms with Crippen molar-refractivity contribution in [1.29, 1.82) is 0 Å². The molecule has 0 spiro atoms. The first-order valence-corrected chi connectivity index (χ1v) is 4.62. The van der Waals surface area contributed by atoms with Crippen LogP contribution in [-0.2, 0) is 5.54 Å². The second-order valence-electron chi connectivity index (χ2n) is 3.74. The zero-order valence-electron chi connectivity index (χ0n) is 9.05. The molecule has 2 N–H and O–H groups in total. The summed E-state index contributed by atoms with van der Waals surface area (Å²) in [5.74, 6) is 0.403. The number of ether oxygens (including phenoxy) is 1. The Bertz CT molecular complexity index is 350. The third-order valence-electron chi connectivity index (χ3n) is 2.45. The average molecular weight is 215 g/mol. The summed E-state index contributed by atoms with van der Waals surface area (Å²) in [4.78, 5) is 0.